The molecule has 0 aliphatic heterocycles. The minimum atomic E-state index is 0.381. The molecule has 0 heterocycles. The molecule has 62 valence electrons. The maximum absolute atomic E-state index is 8.78. The molecule has 0 fully saturated rings. The van der Waals surface area contributed by atoms with Crippen LogP contribution in [0.1, 0.15) is 30.9 Å². The van der Waals surface area contributed by atoms with Gasteiger partial charge in [0.2, 0.25) is 0 Å². The summed E-state index contributed by atoms with van der Waals surface area (Å²) in [6.45, 7) is 4.15. The summed E-state index contributed by atoms with van der Waals surface area (Å²) in [6.07, 6.45) is 0. The number of rotatable bonds is 1. The summed E-state index contributed by atoms with van der Waals surface area (Å²) in [5.41, 5.74) is 1.83. The van der Waals surface area contributed by atoms with Crippen LogP contribution < -0.4 is 0 Å². The Balaban J connectivity index is 3.24. The zero-order valence-electron chi connectivity index (χ0n) is 7.20. The number of hydrogen-bond acceptors (Lipinski definition) is 2. The third-order valence-corrected chi connectivity index (χ3v) is 2.06. The number of benzene rings is 1. The predicted octanol–water partition coefficient (Wildman–Crippen LogP) is 2.97. The van der Waals surface area contributed by atoms with Gasteiger partial charge < -0.3 is 0 Å². The van der Waals surface area contributed by atoms with Crippen molar-refractivity contribution in [3.8, 4) is 6.07 Å². The van der Waals surface area contributed by atoms with Crippen LogP contribution in [0.15, 0.2) is 23.1 Å². The standard InChI is InChI=1S/C10H11NS/c1-7(2)10-5-9(12)4-3-8(10)6-11/h3-5,7,12H,1-2H3. The molecule has 0 atom stereocenters. The van der Waals surface area contributed by atoms with Crippen molar-refractivity contribution in [2.24, 2.45) is 0 Å². The van der Waals surface area contributed by atoms with Crippen molar-refractivity contribution in [1.82, 2.24) is 0 Å². The summed E-state index contributed by atoms with van der Waals surface area (Å²) in [5.74, 6) is 0.381. The van der Waals surface area contributed by atoms with Crippen molar-refractivity contribution in [2.75, 3.05) is 0 Å². The highest BCUT2D eigenvalue weighted by Crippen LogP contribution is 2.21. The van der Waals surface area contributed by atoms with E-state index in [4.69, 9.17) is 5.26 Å². The van der Waals surface area contributed by atoms with E-state index in [2.05, 4.69) is 32.5 Å². The smallest absolute Gasteiger partial charge is 0.0994 e. The lowest BCUT2D eigenvalue weighted by atomic mass is 9.98. The molecule has 0 aliphatic rings. The van der Waals surface area contributed by atoms with E-state index in [0.29, 0.717) is 5.92 Å². The highest BCUT2D eigenvalue weighted by molar-refractivity contribution is 7.80. The SMILES string of the molecule is CC(C)c1cc(S)ccc1C#N. The van der Waals surface area contributed by atoms with Crippen LogP contribution in [0, 0.1) is 11.3 Å². The topological polar surface area (TPSA) is 23.8 Å². The Kier molecular flexibility index (Phi) is 2.78. The first-order valence-corrected chi connectivity index (χ1v) is 4.33. The van der Waals surface area contributed by atoms with Crippen LogP contribution in [0.5, 0.6) is 0 Å². The minimum absolute atomic E-state index is 0.381. The summed E-state index contributed by atoms with van der Waals surface area (Å²) in [4.78, 5) is 0.915. The van der Waals surface area contributed by atoms with Crippen molar-refractivity contribution in [1.29, 1.82) is 5.26 Å². The largest absolute Gasteiger partial charge is 0.192 e. The molecule has 0 radical (unpaired) electrons. The van der Waals surface area contributed by atoms with Gasteiger partial charge in [0.25, 0.3) is 0 Å². The van der Waals surface area contributed by atoms with E-state index in [-0.39, 0.29) is 0 Å². The second-order valence-electron chi connectivity index (χ2n) is 3.04. The Morgan fingerprint density at radius 2 is 2.08 bits per heavy atom. The van der Waals surface area contributed by atoms with E-state index in [0.717, 1.165) is 16.0 Å². The van der Waals surface area contributed by atoms with Gasteiger partial charge >= 0.3 is 0 Å². The third-order valence-electron chi connectivity index (χ3n) is 1.78. The molecule has 1 aromatic rings. The molecule has 1 aromatic carbocycles. The van der Waals surface area contributed by atoms with E-state index in [9.17, 15) is 0 Å². The Labute approximate surface area is 78.4 Å². The van der Waals surface area contributed by atoms with E-state index >= 15 is 0 Å². The quantitative estimate of drug-likeness (QED) is 0.655. The Hall–Kier alpha value is -0.940. The van der Waals surface area contributed by atoms with Crippen molar-refractivity contribution in [3.63, 3.8) is 0 Å². The summed E-state index contributed by atoms with van der Waals surface area (Å²) in [7, 11) is 0. The number of thiol groups is 1. The van der Waals surface area contributed by atoms with Crippen LogP contribution in [0.25, 0.3) is 0 Å². The first-order valence-electron chi connectivity index (χ1n) is 3.88. The van der Waals surface area contributed by atoms with Crippen molar-refractivity contribution < 1.29 is 0 Å². The number of nitriles is 1. The lowest BCUT2D eigenvalue weighted by Crippen LogP contribution is -1.92. The Morgan fingerprint density at radius 3 is 2.58 bits per heavy atom. The summed E-state index contributed by atoms with van der Waals surface area (Å²) in [6, 6.07) is 7.78. The van der Waals surface area contributed by atoms with Gasteiger partial charge in [0.05, 0.1) is 11.6 Å². The normalized spacial score (nSPS) is 9.92. The van der Waals surface area contributed by atoms with Gasteiger partial charge in [-0.1, -0.05) is 13.8 Å². The molecule has 0 N–H and O–H groups in total. The molecule has 0 unspecified atom stereocenters. The number of hydrogen-bond donors (Lipinski definition) is 1. The van der Waals surface area contributed by atoms with E-state index < -0.39 is 0 Å². The summed E-state index contributed by atoms with van der Waals surface area (Å²) >= 11 is 4.23. The molecule has 0 saturated carbocycles. The van der Waals surface area contributed by atoms with Gasteiger partial charge in [-0.3, -0.25) is 0 Å². The fourth-order valence-electron chi connectivity index (χ4n) is 1.13. The lowest BCUT2D eigenvalue weighted by molar-refractivity contribution is 0.858. The average molecular weight is 177 g/mol. The van der Waals surface area contributed by atoms with Gasteiger partial charge in [0.15, 0.2) is 0 Å². The molecule has 0 spiro atoms. The van der Waals surface area contributed by atoms with Crippen LogP contribution in [0.2, 0.25) is 0 Å². The fourth-order valence-corrected chi connectivity index (χ4v) is 1.34. The highest BCUT2D eigenvalue weighted by atomic mass is 32.1. The summed E-state index contributed by atoms with van der Waals surface area (Å²) < 4.78 is 0. The Morgan fingerprint density at radius 1 is 1.42 bits per heavy atom. The first-order chi connectivity index (χ1) is 5.65. The highest BCUT2D eigenvalue weighted by Gasteiger charge is 2.05. The van der Waals surface area contributed by atoms with Gasteiger partial charge in [0.1, 0.15) is 0 Å². The zero-order chi connectivity index (χ0) is 9.14. The third kappa shape index (κ3) is 1.80. The van der Waals surface area contributed by atoms with E-state index in [1.54, 1.807) is 0 Å². The molecule has 0 aliphatic carbocycles. The second kappa shape index (κ2) is 3.64. The van der Waals surface area contributed by atoms with Crippen LogP contribution in [-0.4, -0.2) is 0 Å². The van der Waals surface area contributed by atoms with E-state index in [1.807, 2.05) is 18.2 Å². The lowest BCUT2D eigenvalue weighted by Gasteiger charge is -2.07. The fraction of sp³-hybridized carbons (Fsp3) is 0.300. The average Bonchev–Trinajstić information content (AvgIpc) is 2.04. The Bertz CT molecular complexity index is 323. The van der Waals surface area contributed by atoms with Crippen LogP contribution in [0.4, 0.5) is 0 Å². The molecule has 0 amide bonds. The molecule has 1 nitrogen and oxygen atoms in total. The van der Waals surface area contributed by atoms with Gasteiger partial charge in [0, 0.05) is 4.90 Å². The monoisotopic (exact) mass is 177 g/mol. The van der Waals surface area contributed by atoms with Crippen molar-refractivity contribution in [3.05, 3.63) is 29.3 Å². The second-order valence-corrected chi connectivity index (χ2v) is 3.55. The molecule has 12 heavy (non-hydrogen) atoms. The molecule has 0 bridgehead atoms. The molecule has 0 saturated heterocycles. The molecule has 1 rings (SSSR count). The maximum Gasteiger partial charge on any atom is 0.0994 e. The van der Waals surface area contributed by atoms with Crippen molar-refractivity contribution >= 4 is 12.6 Å². The van der Waals surface area contributed by atoms with Crippen LogP contribution in [0.3, 0.4) is 0 Å². The summed E-state index contributed by atoms with van der Waals surface area (Å²) in [5, 5.41) is 8.78. The molecule has 0 aromatic heterocycles. The van der Waals surface area contributed by atoms with Gasteiger partial charge in [-0.05, 0) is 29.7 Å². The predicted molar refractivity (Wildman–Crippen MR) is 52.5 cm³/mol. The van der Waals surface area contributed by atoms with Gasteiger partial charge in [-0.2, -0.15) is 5.26 Å². The van der Waals surface area contributed by atoms with Gasteiger partial charge in [-0.15, -0.1) is 12.6 Å². The minimum Gasteiger partial charge on any atom is -0.192 e. The van der Waals surface area contributed by atoms with Crippen LogP contribution in [-0.2, 0) is 0 Å². The molecule has 2 heteroatoms. The first kappa shape index (κ1) is 9.15. The molecular weight excluding hydrogens is 166 g/mol. The van der Waals surface area contributed by atoms with Gasteiger partial charge in [-0.25, -0.2) is 0 Å². The van der Waals surface area contributed by atoms with Crippen LogP contribution >= 0.6 is 12.6 Å². The number of nitrogens with zero attached hydrogens (tertiary/aromatic N) is 1. The van der Waals surface area contributed by atoms with E-state index in [1.165, 1.54) is 0 Å². The molecular formula is C10H11NS. The van der Waals surface area contributed by atoms with Crippen molar-refractivity contribution in [2.45, 2.75) is 24.7 Å². The maximum atomic E-state index is 8.78. The zero-order valence-corrected chi connectivity index (χ0v) is 8.10.